The van der Waals surface area contributed by atoms with Gasteiger partial charge >= 0.3 is 5.69 Å². The van der Waals surface area contributed by atoms with E-state index in [1.807, 2.05) is 18.9 Å². The fourth-order valence-corrected chi connectivity index (χ4v) is 2.98. The maximum atomic E-state index is 11.6. The van der Waals surface area contributed by atoms with Gasteiger partial charge in [-0.1, -0.05) is 0 Å². The summed E-state index contributed by atoms with van der Waals surface area (Å²) >= 11 is 0. The van der Waals surface area contributed by atoms with Gasteiger partial charge in [-0.05, 0) is 39.9 Å². The summed E-state index contributed by atoms with van der Waals surface area (Å²) in [4.78, 5) is 23.7. The molecule has 0 aliphatic carbocycles. The molecule has 1 aromatic heterocycles. The highest BCUT2D eigenvalue weighted by Gasteiger charge is 2.30. The predicted molar refractivity (Wildman–Crippen MR) is 92.6 cm³/mol. The minimum absolute atomic E-state index is 0.0816. The van der Waals surface area contributed by atoms with Crippen LogP contribution in [0, 0.1) is 10.1 Å². The Balaban J connectivity index is 2.27. The summed E-state index contributed by atoms with van der Waals surface area (Å²) in [5, 5.41) is 14.7. The van der Waals surface area contributed by atoms with E-state index in [-0.39, 0.29) is 23.6 Å². The van der Waals surface area contributed by atoms with Gasteiger partial charge in [0.25, 0.3) is 0 Å². The van der Waals surface area contributed by atoms with Crippen LogP contribution in [0.3, 0.4) is 0 Å². The van der Waals surface area contributed by atoms with Crippen molar-refractivity contribution in [1.29, 1.82) is 0 Å². The molecular formula is C15H26N6O3. The van der Waals surface area contributed by atoms with E-state index in [1.165, 1.54) is 6.33 Å². The summed E-state index contributed by atoms with van der Waals surface area (Å²) in [6.07, 6.45) is 3.28. The Labute approximate surface area is 142 Å². The van der Waals surface area contributed by atoms with Gasteiger partial charge in [0, 0.05) is 26.2 Å². The van der Waals surface area contributed by atoms with Gasteiger partial charge in [0.1, 0.15) is 6.33 Å². The third-order valence-electron chi connectivity index (χ3n) is 4.36. The molecule has 24 heavy (non-hydrogen) atoms. The van der Waals surface area contributed by atoms with Crippen LogP contribution in [0.2, 0.25) is 0 Å². The number of likely N-dealkylation sites (tertiary alicyclic amines) is 1. The smallest absolute Gasteiger partial charge is 0.353 e. The monoisotopic (exact) mass is 338 g/mol. The molecule has 2 heterocycles. The highest BCUT2D eigenvalue weighted by atomic mass is 16.6. The number of rotatable bonds is 7. The molecule has 0 amide bonds. The number of nitrogens with one attached hydrogen (secondary N) is 1. The van der Waals surface area contributed by atoms with E-state index in [0.717, 1.165) is 25.9 Å². The molecule has 1 aliphatic heterocycles. The lowest BCUT2D eigenvalue weighted by molar-refractivity contribution is -0.383. The lowest BCUT2D eigenvalue weighted by Crippen LogP contribution is -2.42. The highest BCUT2D eigenvalue weighted by Crippen LogP contribution is 2.33. The van der Waals surface area contributed by atoms with E-state index in [1.54, 1.807) is 7.11 Å². The van der Waals surface area contributed by atoms with Crippen molar-refractivity contribution in [3.63, 3.8) is 0 Å². The number of piperidine rings is 1. The van der Waals surface area contributed by atoms with Crippen LogP contribution in [0.25, 0.3) is 0 Å². The van der Waals surface area contributed by atoms with Crippen molar-refractivity contribution in [1.82, 2.24) is 14.9 Å². The molecule has 1 N–H and O–H groups in total. The number of aromatic nitrogens is 2. The normalized spacial score (nSPS) is 17.5. The van der Waals surface area contributed by atoms with Crippen molar-refractivity contribution in [3.8, 4) is 0 Å². The number of hydrogen-bond donors (Lipinski definition) is 1. The van der Waals surface area contributed by atoms with E-state index in [9.17, 15) is 10.1 Å². The Hall–Kier alpha value is -2.00. The molecule has 1 unspecified atom stereocenters. The summed E-state index contributed by atoms with van der Waals surface area (Å²) in [5.74, 6) is 0.589. The lowest BCUT2D eigenvalue weighted by Gasteiger charge is -2.35. The van der Waals surface area contributed by atoms with Gasteiger partial charge in [0.05, 0.1) is 11.5 Å². The van der Waals surface area contributed by atoms with Crippen molar-refractivity contribution in [2.75, 3.05) is 51.1 Å². The SMILES string of the molecule is COCC(C)Nc1ncnc(N(C)C2CCN(C)CC2)c1[N+](=O)[O-]. The van der Waals surface area contributed by atoms with Gasteiger partial charge < -0.3 is 19.9 Å². The number of nitrogens with zero attached hydrogens (tertiary/aromatic N) is 5. The van der Waals surface area contributed by atoms with Crippen LogP contribution in [0.5, 0.6) is 0 Å². The van der Waals surface area contributed by atoms with E-state index in [2.05, 4.69) is 27.2 Å². The molecule has 1 fully saturated rings. The summed E-state index contributed by atoms with van der Waals surface area (Å²) in [7, 11) is 5.54. The zero-order chi connectivity index (χ0) is 17.7. The van der Waals surface area contributed by atoms with Crippen molar-refractivity contribution in [2.24, 2.45) is 0 Å². The fraction of sp³-hybridized carbons (Fsp3) is 0.733. The zero-order valence-corrected chi connectivity index (χ0v) is 14.7. The Bertz CT molecular complexity index is 562. The maximum Gasteiger partial charge on any atom is 0.353 e. The maximum absolute atomic E-state index is 11.6. The molecular weight excluding hydrogens is 312 g/mol. The summed E-state index contributed by atoms with van der Waals surface area (Å²) in [6, 6.07) is 0.143. The largest absolute Gasteiger partial charge is 0.383 e. The first kappa shape index (κ1) is 18.3. The number of hydrogen-bond acceptors (Lipinski definition) is 8. The minimum Gasteiger partial charge on any atom is -0.383 e. The third-order valence-corrected chi connectivity index (χ3v) is 4.36. The average Bonchev–Trinajstić information content (AvgIpc) is 2.54. The molecule has 1 aliphatic rings. The molecule has 0 aromatic carbocycles. The van der Waals surface area contributed by atoms with Crippen LogP contribution < -0.4 is 10.2 Å². The molecule has 1 saturated heterocycles. The zero-order valence-electron chi connectivity index (χ0n) is 14.7. The van der Waals surface area contributed by atoms with Crippen LogP contribution in [-0.4, -0.2) is 72.8 Å². The molecule has 1 atom stereocenters. The fourth-order valence-electron chi connectivity index (χ4n) is 2.98. The third kappa shape index (κ3) is 4.30. The Morgan fingerprint density at radius 2 is 2.17 bits per heavy atom. The first-order valence-corrected chi connectivity index (χ1v) is 8.10. The van der Waals surface area contributed by atoms with Crippen molar-refractivity contribution < 1.29 is 9.66 Å². The number of methoxy groups -OCH3 is 1. The van der Waals surface area contributed by atoms with Gasteiger partial charge in [-0.25, -0.2) is 9.97 Å². The number of ether oxygens (including phenoxy) is 1. The van der Waals surface area contributed by atoms with Crippen LogP contribution in [0.1, 0.15) is 19.8 Å². The standard InChI is InChI=1S/C15H26N6O3/c1-11(9-24-4)18-14-13(21(22)23)15(17-10-16-14)20(3)12-5-7-19(2)8-6-12/h10-12H,5-9H2,1-4H3,(H,16,17,18). The molecule has 9 nitrogen and oxygen atoms in total. The molecule has 134 valence electrons. The van der Waals surface area contributed by atoms with Crippen molar-refractivity contribution in [3.05, 3.63) is 16.4 Å². The molecule has 0 spiro atoms. The first-order valence-electron chi connectivity index (χ1n) is 8.10. The second-order valence-corrected chi connectivity index (χ2v) is 6.30. The molecule has 0 bridgehead atoms. The van der Waals surface area contributed by atoms with Crippen LogP contribution >= 0.6 is 0 Å². The topological polar surface area (TPSA) is 96.7 Å². The summed E-state index contributed by atoms with van der Waals surface area (Å²) < 4.78 is 5.07. The van der Waals surface area contributed by atoms with E-state index >= 15 is 0 Å². The van der Waals surface area contributed by atoms with Crippen molar-refractivity contribution in [2.45, 2.75) is 31.8 Å². The van der Waals surface area contributed by atoms with Gasteiger partial charge in [-0.2, -0.15) is 0 Å². The van der Waals surface area contributed by atoms with E-state index in [4.69, 9.17) is 4.74 Å². The van der Waals surface area contributed by atoms with Gasteiger partial charge in [-0.3, -0.25) is 10.1 Å². The molecule has 2 rings (SSSR count). The number of nitro groups is 1. The van der Waals surface area contributed by atoms with Crippen LogP contribution in [0.4, 0.5) is 17.3 Å². The first-order chi connectivity index (χ1) is 11.4. The summed E-state index contributed by atoms with van der Waals surface area (Å²) in [5.41, 5.74) is -0.0816. The Morgan fingerprint density at radius 1 is 1.50 bits per heavy atom. The lowest BCUT2D eigenvalue weighted by atomic mass is 10.0. The Kier molecular flexibility index (Phi) is 6.27. The Morgan fingerprint density at radius 3 is 2.75 bits per heavy atom. The average molecular weight is 338 g/mol. The predicted octanol–water partition coefficient (Wildman–Crippen LogP) is 1.36. The quantitative estimate of drug-likeness (QED) is 0.588. The minimum atomic E-state index is -0.414. The van der Waals surface area contributed by atoms with Gasteiger partial charge in [0.2, 0.25) is 11.6 Å². The van der Waals surface area contributed by atoms with Crippen LogP contribution in [0.15, 0.2) is 6.33 Å². The van der Waals surface area contributed by atoms with Crippen LogP contribution in [-0.2, 0) is 4.74 Å². The van der Waals surface area contributed by atoms with Crippen molar-refractivity contribution >= 4 is 17.3 Å². The second-order valence-electron chi connectivity index (χ2n) is 6.30. The molecule has 0 saturated carbocycles. The molecule has 9 heteroatoms. The molecule has 0 radical (unpaired) electrons. The van der Waals surface area contributed by atoms with Gasteiger partial charge in [-0.15, -0.1) is 0 Å². The second kappa shape index (κ2) is 8.20. The van der Waals surface area contributed by atoms with E-state index in [0.29, 0.717) is 12.4 Å². The van der Waals surface area contributed by atoms with E-state index < -0.39 is 4.92 Å². The highest BCUT2D eigenvalue weighted by molar-refractivity contribution is 5.70. The number of anilines is 2. The van der Waals surface area contributed by atoms with Gasteiger partial charge in [0.15, 0.2) is 0 Å². The summed E-state index contributed by atoms with van der Waals surface area (Å²) in [6.45, 7) is 4.27. The molecule has 1 aromatic rings.